The molecule has 0 aliphatic rings. The molecule has 0 atom stereocenters. The number of aromatic amines is 1. The van der Waals surface area contributed by atoms with E-state index in [0.717, 1.165) is 29.4 Å². The van der Waals surface area contributed by atoms with E-state index in [-0.39, 0.29) is 11.3 Å². The number of rotatable bonds is 15. The van der Waals surface area contributed by atoms with E-state index in [1.807, 2.05) is 36.4 Å². The lowest BCUT2D eigenvalue weighted by atomic mass is 10.1. The van der Waals surface area contributed by atoms with Gasteiger partial charge >= 0.3 is 0 Å². The maximum absolute atomic E-state index is 12.2. The third-order valence-corrected chi connectivity index (χ3v) is 6.57. The molecule has 2 aromatic heterocycles. The van der Waals surface area contributed by atoms with Gasteiger partial charge in [0.2, 0.25) is 0 Å². The summed E-state index contributed by atoms with van der Waals surface area (Å²) in [6.45, 7) is 1.03. The number of H-pyrrole nitrogens is 1. The van der Waals surface area contributed by atoms with Crippen LogP contribution in [0.2, 0.25) is 0 Å². The Balaban J connectivity index is 1.19. The summed E-state index contributed by atoms with van der Waals surface area (Å²) in [5.41, 5.74) is 1.66. The lowest BCUT2D eigenvalue weighted by molar-refractivity contribution is -0.697. The van der Waals surface area contributed by atoms with Crippen molar-refractivity contribution in [3.63, 3.8) is 0 Å². The number of benzene rings is 1. The Bertz CT molecular complexity index is 1080. The molecule has 1 N–H and O–H groups in total. The highest BCUT2D eigenvalue weighted by molar-refractivity contribution is 7.99. The third kappa shape index (κ3) is 9.87. The van der Waals surface area contributed by atoms with Crippen LogP contribution in [-0.2, 0) is 6.54 Å². The molecule has 0 unspecified atom stereocenters. The molecule has 0 spiro atoms. The van der Waals surface area contributed by atoms with Crippen LogP contribution < -0.4 is 10.1 Å². The van der Waals surface area contributed by atoms with Crippen molar-refractivity contribution in [3.05, 3.63) is 94.7 Å². The Morgan fingerprint density at radius 3 is 2.26 bits per heavy atom. The predicted octanol–water partition coefficient (Wildman–Crippen LogP) is 5.87. The lowest BCUT2D eigenvalue weighted by Crippen LogP contribution is -2.32. The smallest absolute Gasteiger partial charge is 0.251 e. The zero-order valence-corrected chi connectivity index (χ0v) is 20.5. The fraction of sp³-hybridized carbons (Fsp3) is 0.357. The van der Waals surface area contributed by atoms with Gasteiger partial charge in [-0.05, 0) is 24.5 Å². The quantitative estimate of drug-likeness (QED) is 0.0744. The van der Waals surface area contributed by atoms with Gasteiger partial charge in [0.15, 0.2) is 23.3 Å². The van der Waals surface area contributed by atoms with Gasteiger partial charge in [-0.1, -0.05) is 80.3 Å². The van der Waals surface area contributed by atoms with Crippen molar-refractivity contribution in [2.24, 2.45) is 0 Å². The Kier molecular flexibility index (Phi) is 11.3. The summed E-state index contributed by atoms with van der Waals surface area (Å²) >= 11 is 1.62. The molecule has 1 aromatic carbocycles. The summed E-state index contributed by atoms with van der Waals surface area (Å²) < 4.78 is 2.21. The molecule has 2 heterocycles. The molecule has 0 fully saturated rings. The van der Waals surface area contributed by atoms with Crippen LogP contribution in [0, 0.1) is 0 Å². The molecule has 0 saturated carbocycles. The van der Waals surface area contributed by atoms with Gasteiger partial charge in [-0.2, -0.15) is 0 Å². The number of hydrogen-bond acceptors (Lipinski definition) is 4. The summed E-state index contributed by atoms with van der Waals surface area (Å²) in [7, 11) is 0. The Labute approximate surface area is 206 Å². The first-order valence-corrected chi connectivity index (χ1v) is 13.1. The molecule has 178 valence electrons. The van der Waals surface area contributed by atoms with Crippen LogP contribution in [0.5, 0.6) is 0 Å². The molecular weight excluding hydrogens is 442 g/mol. The number of nitrogens with zero attached hydrogens (tertiary/aromatic N) is 2. The number of allylic oxidation sites excluding steroid dienone is 1. The largest absolute Gasteiger partial charge is 0.301 e. The summed E-state index contributed by atoms with van der Waals surface area (Å²) in [4.78, 5) is 30.3. The second-order valence-corrected chi connectivity index (χ2v) is 9.43. The molecule has 0 bridgehead atoms. The number of aromatic nitrogens is 3. The van der Waals surface area contributed by atoms with Gasteiger partial charge in [0.25, 0.3) is 5.56 Å². The van der Waals surface area contributed by atoms with Gasteiger partial charge < -0.3 is 4.98 Å². The zero-order chi connectivity index (χ0) is 23.8. The van der Waals surface area contributed by atoms with Gasteiger partial charge in [0.1, 0.15) is 6.54 Å². The molecular formula is C28H34N3O2S+. The van der Waals surface area contributed by atoms with Crippen molar-refractivity contribution in [2.75, 3.05) is 5.75 Å². The SMILES string of the molecule is O=C(/C=C/c1cc[n+](CCCCCCCCCCSc2nccc(=O)[nH]2)cc1)c1ccccc1. The van der Waals surface area contributed by atoms with Crippen molar-refractivity contribution >= 4 is 23.6 Å². The van der Waals surface area contributed by atoms with Crippen molar-refractivity contribution in [2.45, 2.75) is 63.1 Å². The van der Waals surface area contributed by atoms with Gasteiger partial charge in [-0.15, -0.1) is 0 Å². The van der Waals surface area contributed by atoms with Crippen molar-refractivity contribution in [3.8, 4) is 0 Å². The van der Waals surface area contributed by atoms with Gasteiger partial charge in [0.05, 0.1) is 0 Å². The Hall–Kier alpha value is -2.99. The fourth-order valence-corrected chi connectivity index (χ4v) is 4.50. The van der Waals surface area contributed by atoms with E-state index >= 15 is 0 Å². The van der Waals surface area contributed by atoms with Crippen LogP contribution in [0.4, 0.5) is 0 Å². The van der Waals surface area contributed by atoms with E-state index in [4.69, 9.17) is 0 Å². The van der Waals surface area contributed by atoms with Crippen LogP contribution in [0.1, 0.15) is 67.3 Å². The predicted molar refractivity (Wildman–Crippen MR) is 139 cm³/mol. The fourth-order valence-electron chi connectivity index (χ4n) is 3.65. The monoisotopic (exact) mass is 476 g/mol. The summed E-state index contributed by atoms with van der Waals surface area (Å²) in [5.74, 6) is 1.03. The standard InChI is InChI=1S/C28H33N3O2S/c32-26(25-12-8-7-9-13-25)15-14-24-17-21-31(22-18-24)20-10-5-3-1-2-4-6-11-23-34-28-29-19-16-27(33)30-28/h7-9,12-19,21-22H,1-6,10-11,20,23H2/p+1/b15-14+. The van der Waals surface area contributed by atoms with Gasteiger partial charge in [0, 0.05) is 42.1 Å². The Morgan fingerprint density at radius 2 is 1.56 bits per heavy atom. The average Bonchev–Trinajstić information content (AvgIpc) is 2.87. The first-order chi connectivity index (χ1) is 16.7. The van der Waals surface area contributed by atoms with Crippen LogP contribution in [0.25, 0.3) is 6.08 Å². The minimum atomic E-state index is -0.0858. The summed E-state index contributed by atoms with van der Waals surface area (Å²) in [5, 5.41) is 0.717. The number of unbranched alkanes of at least 4 members (excludes halogenated alkanes) is 7. The van der Waals surface area contributed by atoms with E-state index < -0.39 is 0 Å². The molecule has 6 heteroatoms. The molecule has 0 aliphatic carbocycles. The normalized spacial score (nSPS) is 11.2. The number of aryl methyl sites for hydroxylation is 1. The van der Waals surface area contributed by atoms with E-state index in [1.165, 1.54) is 51.0 Å². The number of carbonyl (C=O) groups is 1. The topological polar surface area (TPSA) is 66.7 Å². The lowest BCUT2D eigenvalue weighted by Gasteiger charge is -2.02. The van der Waals surface area contributed by atoms with Crippen molar-refractivity contribution in [1.82, 2.24) is 9.97 Å². The van der Waals surface area contributed by atoms with Crippen molar-refractivity contribution < 1.29 is 9.36 Å². The number of carbonyl (C=O) groups excluding carboxylic acids is 1. The van der Waals surface area contributed by atoms with E-state index in [0.29, 0.717) is 5.56 Å². The Morgan fingerprint density at radius 1 is 0.882 bits per heavy atom. The van der Waals surface area contributed by atoms with Crippen LogP contribution in [0.3, 0.4) is 0 Å². The van der Waals surface area contributed by atoms with Gasteiger partial charge in [-0.3, -0.25) is 9.59 Å². The van der Waals surface area contributed by atoms with Gasteiger partial charge in [-0.25, -0.2) is 9.55 Å². The highest BCUT2D eigenvalue weighted by Crippen LogP contribution is 2.15. The minimum absolute atomic E-state index is 0.0262. The molecule has 0 aliphatic heterocycles. The van der Waals surface area contributed by atoms with Crippen molar-refractivity contribution in [1.29, 1.82) is 0 Å². The molecule has 3 aromatic rings. The number of hydrogen-bond donors (Lipinski definition) is 1. The average molecular weight is 477 g/mol. The minimum Gasteiger partial charge on any atom is -0.301 e. The second-order valence-electron chi connectivity index (χ2n) is 8.35. The molecule has 3 rings (SSSR count). The highest BCUT2D eigenvalue weighted by Gasteiger charge is 2.02. The van der Waals surface area contributed by atoms with E-state index in [2.05, 4.69) is 39.1 Å². The molecule has 0 amide bonds. The van der Waals surface area contributed by atoms with Crippen LogP contribution >= 0.6 is 11.8 Å². The summed E-state index contributed by atoms with van der Waals surface area (Å²) in [6.07, 6.45) is 19.2. The van der Waals surface area contributed by atoms with E-state index in [1.54, 1.807) is 24.0 Å². The molecule has 0 saturated heterocycles. The first kappa shape index (κ1) is 25.6. The van der Waals surface area contributed by atoms with Crippen LogP contribution in [-0.4, -0.2) is 21.5 Å². The molecule has 0 radical (unpaired) electrons. The highest BCUT2D eigenvalue weighted by atomic mass is 32.2. The second kappa shape index (κ2) is 15.0. The van der Waals surface area contributed by atoms with Crippen LogP contribution in [0.15, 0.2) is 83.1 Å². The summed E-state index contributed by atoms with van der Waals surface area (Å²) in [6, 6.07) is 14.9. The van der Waals surface area contributed by atoms with E-state index in [9.17, 15) is 9.59 Å². The number of nitrogens with one attached hydrogen (secondary N) is 1. The molecule has 5 nitrogen and oxygen atoms in total. The maximum atomic E-state index is 12.2. The first-order valence-electron chi connectivity index (χ1n) is 12.2. The number of thioether (sulfide) groups is 1. The zero-order valence-electron chi connectivity index (χ0n) is 19.7. The maximum Gasteiger partial charge on any atom is 0.251 e. The third-order valence-electron chi connectivity index (χ3n) is 5.60. The number of ketones is 1. The molecule has 34 heavy (non-hydrogen) atoms. The number of pyridine rings is 1.